The van der Waals surface area contributed by atoms with Crippen molar-refractivity contribution in [2.75, 3.05) is 11.5 Å². The van der Waals surface area contributed by atoms with E-state index in [0.717, 1.165) is 43.5 Å². The minimum Gasteiger partial charge on any atom is -0.399 e. The Morgan fingerprint density at radius 2 is 1.40 bits per heavy atom. The molecule has 0 saturated heterocycles. The Balaban J connectivity index is 2.25. The van der Waals surface area contributed by atoms with E-state index in [0.29, 0.717) is 0 Å². The van der Waals surface area contributed by atoms with Gasteiger partial charge in [0, 0.05) is 28.4 Å². The molecule has 1 fully saturated rings. The number of benzene rings is 2. The first kappa shape index (κ1) is 17.8. The minimum atomic E-state index is -0.508. The maximum Gasteiger partial charge on any atom is 0.0446 e. The summed E-state index contributed by atoms with van der Waals surface area (Å²) in [4.78, 5) is 0. The van der Waals surface area contributed by atoms with Crippen molar-refractivity contribution < 1.29 is 0 Å². The molecule has 134 valence electrons. The monoisotopic (exact) mass is 338 g/mol. The Bertz CT molecular complexity index is 662. The molecule has 2 aromatic carbocycles. The fourth-order valence-corrected chi connectivity index (χ4v) is 4.73. The first-order chi connectivity index (χ1) is 11.9. The van der Waals surface area contributed by atoms with Gasteiger partial charge in [-0.15, -0.1) is 0 Å². The molecule has 4 heteroatoms. The van der Waals surface area contributed by atoms with Gasteiger partial charge in [-0.25, -0.2) is 0 Å². The average molecular weight is 338 g/mol. The molecule has 4 nitrogen and oxygen atoms in total. The highest BCUT2D eigenvalue weighted by Crippen LogP contribution is 2.49. The lowest BCUT2D eigenvalue weighted by Crippen LogP contribution is -2.69. The summed E-state index contributed by atoms with van der Waals surface area (Å²) in [7, 11) is 0. The largest absolute Gasteiger partial charge is 0.399 e. The van der Waals surface area contributed by atoms with E-state index >= 15 is 0 Å². The van der Waals surface area contributed by atoms with E-state index in [1.165, 1.54) is 11.1 Å². The van der Waals surface area contributed by atoms with Crippen molar-refractivity contribution in [3.8, 4) is 0 Å². The molecule has 1 aliphatic rings. The van der Waals surface area contributed by atoms with Gasteiger partial charge >= 0.3 is 0 Å². The van der Waals surface area contributed by atoms with E-state index in [-0.39, 0.29) is 11.5 Å². The molecule has 0 aliphatic heterocycles. The molecule has 8 N–H and O–H groups in total. The van der Waals surface area contributed by atoms with Crippen LogP contribution in [0.4, 0.5) is 11.4 Å². The van der Waals surface area contributed by atoms with Gasteiger partial charge in [0.05, 0.1) is 0 Å². The van der Waals surface area contributed by atoms with Gasteiger partial charge in [0.15, 0.2) is 0 Å². The zero-order chi connectivity index (χ0) is 18.1. The van der Waals surface area contributed by atoms with Crippen LogP contribution in [-0.2, 0) is 5.41 Å². The van der Waals surface area contributed by atoms with Crippen LogP contribution >= 0.6 is 0 Å². The van der Waals surface area contributed by atoms with Gasteiger partial charge < -0.3 is 22.9 Å². The Morgan fingerprint density at radius 1 is 0.920 bits per heavy atom. The number of rotatable bonds is 4. The maximum absolute atomic E-state index is 7.15. The summed E-state index contributed by atoms with van der Waals surface area (Å²) in [5.41, 5.74) is 28.6. The van der Waals surface area contributed by atoms with E-state index in [1.54, 1.807) is 0 Å². The van der Waals surface area contributed by atoms with Gasteiger partial charge in [0.2, 0.25) is 0 Å². The van der Waals surface area contributed by atoms with Crippen LogP contribution in [0.2, 0.25) is 0 Å². The Kier molecular flexibility index (Phi) is 4.76. The van der Waals surface area contributed by atoms with Gasteiger partial charge in [-0.3, -0.25) is 0 Å². The third-order valence-corrected chi connectivity index (χ3v) is 6.15. The molecule has 0 aromatic heterocycles. The van der Waals surface area contributed by atoms with Crippen LogP contribution in [0.25, 0.3) is 0 Å². The molecule has 0 bridgehead atoms. The topological polar surface area (TPSA) is 104 Å². The Morgan fingerprint density at radius 3 is 1.80 bits per heavy atom. The number of nitrogens with two attached hydrogens (primary N) is 4. The van der Waals surface area contributed by atoms with Crippen molar-refractivity contribution in [1.82, 2.24) is 0 Å². The average Bonchev–Trinajstić information content (AvgIpc) is 2.61. The van der Waals surface area contributed by atoms with Crippen molar-refractivity contribution in [3.63, 3.8) is 0 Å². The third kappa shape index (κ3) is 2.79. The molecule has 0 radical (unpaired) electrons. The van der Waals surface area contributed by atoms with Gasteiger partial charge in [0.1, 0.15) is 0 Å². The van der Waals surface area contributed by atoms with E-state index in [4.69, 9.17) is 22.9 Å². The number of hydrogen-bond acceptors (Lipinski definition) is 4. The second-order valence-electron chi connectivity index (χ2n) is 7.40. The number of nitrogen functional groups attached to an aromatic ring is 2. The summed E-state index contributed by atoms with van der Waals surface area (Å²) in [6.45, 7) is 2.20. The molecular formula is C21H30N4. The normalized spacial score (nSPS) is 24.2. The summed E-state index contributed by atoms with van der Waals surface area (Å²) in [6, 6.07) is 16.2. The van der Waals surface area contributed by atoms with Crippen LogP contribution in [0, 0.1) is 0 Å². The van der Waals surface area contributed by atoms with E-state index in [2.05, 4.69) is 31.2 Å². The zero-order valence-corrected chi connectivity index (χ0v) is 15.0. The number of hydrogen-bond donors (Lipinski definition) is 4. The molecular weight excluding hydrogens is 308 g/mol. The van der Waals surface area contributed by atoms with Crippen molar-refractivity contribution in [2.45, 2.75) is 56.0 Å². The van der Waals surface area contributed by atoms with Crippen LogP contribution < -0.4 is 22.9 Å². The SMILES string of the molecule is CCC(c1ccc(N)cc1)(c1ccc(N)cc1)C1(N)CCCCC1N. The highest BCUT2D eigenvalue weighted by molar-refractivity contribution is 5.52. The Hall–Kier alpha value is -2.04. The molecule has 25 heavy (non-hydrogen) atoms. The van der Waals surface area contributed by atoms with Crippen molar-refractivity contribution >= 4 is 11.4 Å². The number of anilines is 2. The fraction of sp³-hybridized carbons (Fsp3) is 0.429. The lowest BCUT2D eigenvalue weighted by atomic mass is 9.54. The molecule has 3 rings (SSSR count). The summed E-state index contributed by atoms with van der Waals surface area (Å²) in [5.74, 6) is 0. The quantitative estimate of drug-likeness (QED) is 0.643. The van der Waals surface area contributed by atoms with E-state index in [9.17, 15) is 0 Å². The lowest BCUT2D eigenvalue weighted by Gasteiger charge is -2.54. The van der Waals surface area contributed by atoms with Crippen molar-refractivity contribution in [1.29, 1.82) is 0 Å². The third-order valence-electron chi connectivity index (χ3n) is 6.15. The minimum absolute atomic E-state index is 0.0451. The van der Waals surface area contributed by atoms with Crippen LogP contribution in [0.5, 0.6) is 0 Å². The van der Waals surface area contributed by atoms with Crippen molar-refractivity contribution in [3.05, 3.63) is 59.7 Å². The molecule has 0 amide bonds. The van der Waals surface area contributed by atoms with E-state index in [1.807, 2.05) is 24.3 Å². The second kappa shape index (κ2) is 6.70. The molecule has 2 aromatic rings. The fourth-order valence-electron chi connectivity index (χ4n) is 4.73. The first-order valence-corrected chi connectivity index (χ1v) is 9.20. The maximum atomic E-state index is 7.15. The van der Waals surface area contributed by atoms with Gasteiger partial charge in [-0.05, 0) is 54.7 Å². The lowest BCUT2D eigenvalue weighted by molar-refractivity contribution is 0.152. The highest BCUT2D eigenvalue weighted by Gasteiger charge is 2.53. The standard InChI is InChI=1S/C21H30N4/c1-2-20(15-6-10-17(22)11-7-15,16-8-12-18(23)13-9-16)21(25)14-4-3-5-19(21)24/h6-13,19H,2-5,14,22-25H2,1H3. The van der Waals surface area contributed by atoms with Crippen LogP contribution in [-0.4, -0.2) is 11.6 Å². The van der Waals surface area contributed by atoms with Crippen LogP contribution in [0.1, 0.15) is 50.2 Å². The smallest absolute Gasteiger partial charge is 0.0446 e. The first-order valence-electron chi connectivity index (χ1n) is 9.20. The summed E-state index contributed by atoms with van der Waals surface area (Å²) < 4.78 is 0. The molecule has 0 heterocycles. The summed E-state index contributed by atoms with van der Waals surface area (Å²) in [6.07, 6.45) is 4.99. The van der Waals surface area contributed by atoms with E-state index < -0.39 is 5.54 Å². The molecule has 1 aliphatic carbocycles. The molecule has 0 spiro atoms. The van der Waals surface area contributed by atoms with Gasteiger partial charge in [0.25, 0.3) is 0 Å². The highest BCUT2D eigenvalue weighted by atomic mass is 14.9. The predicted octanol–water partition coefficient (Wildman–Crippen LogP) is 3.15. The van der Waals surface area contributed by atoms with Gasteiger partial charge in [-0.1, -0.05) is 44.0 Å². The zero-order valence-electron chi connectivity index (χ0n) is 15.0. The molecule has 2 unspecified atom stereocenters. The van der Waals surface area contributed by atoms with Crippen LogP contribution in [0.3, 0.4) is 0 Å². The Labute approximate surface area is 150 Å². The molecule has 2 atom stereocenters. The van der Waals surface area contributed by atoms with Gasteiger partial charge in [-0.2, -0.15) is 0 Å². The van der Waals surface area contributed by atoms with Crippen LogP contribution in [0.15, 0.2) is 48.5 Å². The predicted molar refractivity (Wildman–Crippen MR) is 106 cm³/mol. The summed E-state index contributed by atoms with van der Waals surface area (Å²) in [5, 5.41) is 0. The second-order valence-corrected chi connectivity index (χ2v) is 7.40. The summed E-state index contributed by atoms with van der Waals surface area (Å²) >= 11 is 0. The van der Waals surface area contributed by atoms with Crippen molar-refractivity contribution in [2.24, 2.45) is 11.5 Å². The molecule has 1 saturated carbocycles.